The molecule has 19 heavy (non-hydrogen) atoms. The van der Waals surface area contributed by atoms with Crippen molar-refractivity contribution in [2.75, 3.05) is 18.4 Å². The summed E-state index contributed by atoms with van der Waals surface area (Å²) in [5, 5.41) is 7.58. The lowest BCUT2D eigenvalue weighted by molar-refractivity contribution is -0.508. The predicted octanol–water partition coefficient (Wildman–Crippen LogP) is 1.64. The number of hydrogen-bond acceptors (Lipinski definition) is 3. The van der Waals surface area contributed by atoms with Crippen LogP contribution in [-0.2, 0) is 4.79 Å². The Morgan fingerprint density at radius 3 is 3.16 bits per heavy atom. The van der Waals surface area contributed by atoms with Gasteiger partial charge in [0.15, 0.2) is 17.1 Å². The number of fused-ring (bicyclic) bond motifs is 2. The van der Waals surface area contributed by atoms with E-state index >= 15 is 0 Å². The lowest BCUT2D eigenvalue weighted by Gasteiger charge is -2.00. The van der Waals surface area contributed by atoms with Gasteiger partial charge in [-0.3, -0.25) is 4.79 Å². The monoisotopic (exact) mass is 256 g/mol. The Balaban J connectivity index is 1.52. The largest absolute Gasteiger partial charge is 0.354 e. The summed E-state index contributed by atoms with van der Waals surface area (Å²) in [6.45, 7) is 1.43. The summed E-state index contributed by atoms with van der Waals surface area (Å²) < 4.78 is 7.35. The zero-order valence-corrected chi connectivity index (χ0v) is 10.4. The van der Waals surface area contributed by atoms with Crippen molar-refractivity contribution in [1.29, 1.82) is 0 Å². The summed E-state index contributed by atoms with van der Waals surface area (Å²) >= 11 is 0. The standard InChI is InChI=1S/C14H13N3O2/c18-13(8-17-6-5-9-7-11(9)17)15-14-10-3-1-2-4-12(10)19-16-14/h1-4,9H,5-8H2/p+1. The van der Waals surface area contributed by atoms with Gasteiger partial charge in [-0.1, -0.05) is 17.3 Å². The van der Waals surface area contributed by atoms with E-state index in [4.69, 9.17) is 4.52 Å². The van der Waals surface area contributed by atoms with E-state index < -0.39 is 0 Å². The molecule has 1 aromatic carbocycles. The van der Waals surface area contributed by atoms with Crippen molar-refractivity contribution in [1.82, 2.24) is 5.16 Å². The molecule has 0 bridgehead atoms. The molecule has 0 radical (unpaired) electrons. The van der Waals surface area contributed by atoms with Crippen LogP contribution in [0.2, 0.25) is 0 Å². The first-order chi connectivity index (χ1) is 9.31. The van der Waals surface area contributed by atoms with Gasteiger partial charge in [0.1, 0.15) is 6.54 Å². The van der Waals surface area contributed by atoms with Crippen LogP contribution in [0, 0.1) is 5.92 Å². The SMILES string of the molecule is O=C(C[N+]1=C2CC2CC1)Nc1noc2ccccc12. The van der Waals surface area contributed by atoms with Crippen molar-refractivity contribution in [2.45, 2.75) is 12.8 Å². The maximum atomic E-state index is 12.0. The lowest BCUT2D eigenvalue weighted by atomic mass is 10.2. The normalized spacial score (nSPS) is 20.7. The van der Waals surface area contributed by atoms with E-state index in [1.54, 1.807) is 0 Å². The molecule has 1 atom stereocenters. The molecule has 5 nitrogen and oxygen atoms in total. The average Bonchev–Trinajstić information content (AvgIpc) is 2.95. The summed E-state index contributed by atoms with van der Waals surface area (Å²) in [6.07, 6.45) is 2.38. The average molecular weight is 256 g/mol. The highest BCUT2D eigenvalue weighted by atomic mass is 16.5. The summed E-state index contributed by atoms with van der Waals surface area (Å²) in [5.41, 5.74) is 2.13. The van der Waals surface area contributed by atoms with Gasteiger partial charge in [0, 0.05) is 12.8 Å². The van der Waals surface area contributed by atoms with Crippen LogP contribution in [0.25, 0.3) is 11.0 Å². The van der Waals surface area contributed by atoms with E-state index in [1.807, 2.05) is 24.3 Å². The number of hydrogen-bond donors (Lipinski definition) is 1. The number of carbonyl (C=O) groups is 1. The Morgan fingerprint density at radius 2 is 2.37 bits per heavy atom. The van der Waals surface area contributed by atoms with E-state index in [0.717, 1.165) is 17.8 Å². The minimum absolute atomic E-state index is 0.0286. The van der Waals surface area contributed by atoms with Gasteiger partial charge in [-0.05, 0) is 12.1 Å². The van der Waals surface area contributed by atoms with Crippen molar-refractivity contribution in [3.8, 4) is 0 Å². The Kier molecular flexibility index (Phi) is 2.21. The third kappa shape index (κ3) is 1.82. The van der Waals surface area contributed by atoms with Gasteiger partial charge < -0.3 is 9.84 Å². The molecule has 2 aliphatic rings. The smallest absolute Gasteiger partial charge is 0.291 e. The molecule has 4 rings (SSSR count). The number of rotatable bonds is 3. The molecule has 2 aromatic rings. The summed E-state index contributed by atoms with van der Waals surface area (Å²) in [5.74, 6) is 1.25. The van der Waals surface area contributed by atoms with E-state index in [2.05, 4.69) is 15.0 Å². The summed E-state index contributed by atoms with van der Waals surface area (Å²) in [6, 6.07) is 7.51. The van der Waals surface area contributed by atoms with Gasteiger partial charge in [0.25, 0.3) is 5.91 Å². The van der Waals surface area contributed by atoms with Crippen LogP contribution in [0.3, 0.4) is 0 Å². The number of aromatic nitrogens is 1. The Hall–Kier alpha value is -2.17. The molecule has 5 heteroatoms. The van der Waals surface area contributed by atoms with Gasteiger partial charge in [0.05, 0.1) is 11.3 Å². The third-order valence-electron chi connectivity index (χ3n) is 3.89. The first-order valence-corrected chi connectivity index (χ1v) is 6.56. The van der Waals surface area contributed by atoms with Crippen LogP contribution in [0.15, 0.2) is 28.8 Å². The minimum Gasteiger partial charge on any atom is -0.354 e. The second kappa shape index (κ2) is 3.91. The first-order valence-electron chi connectivity index (χ1n) is 6.56. The zero-order chi connectivity index (χ0) is 12.8. The highest BCUT2D eigenvalue weighted by molar-refractivity contribution is 6.01. The fraction of sp³-hybridized carbons (Fsp3) is 0.357. The number of benzene rings is 1. The third-order valence-corrected chi connectivity index (χ3v) is 3.89. The van der Waals surface area contributed by atoms with E-state index in [0.29, 0.717) is 17.9 Å². The molecule has 1 saturated carbocycles. The van der Waals surface area contributed by atoms with E-state index in [-0.39, 0.29) is 5.91 Å². The van der Waals surface area contributed by atoms with Crippen molar-refractivity contribution in [2.24, 2.45) is 5.92 Å². The van der Waals surface area contributed by atoms with Crippen LogP contribution in [0.5, 0.6) is 0 Å². The van der Waals surface area contributed by atoms with Gasteiger partial charge >= 0.3 is 0 Å². The van der Waals surface area contributed by atoms with Gasteiger partial charge in [-0.2, -0.15) is 0 Å². The van der Waals surface area contributed by atoms with Crippen LogP contribution >= 0.6 is 0 Å². The van der Waals surface area contributed by atoms with Gasteiger partial charge in [-0.25, -0.2) is 4.58 Å². The Bertz CT molecular complexity index is 702. The molecule has 1 aromatic heterocycles. The number of nitrogens with zero attached hydrogens (tertiary/aromatic N) is 2. The zero-order valence-electron chi connectivity index (χ0n) is 10.4. The van der Waals surface area contributed by atoms with Crippen LogP contribution < -0.4 is 5.32 Å². The number of anilines is 1. The molecular formula is C14H14N3O2+. The van der Waals surface area contributed by atoms with Crippen molar-refractivity contribution in [3.05, 3.63) is 24.3 Å². The molecule has 1 aliphatic carbocycles. The van der Waals surface area contributed by atoms with Crippen LogP contribution in [0.4, 0.5) is 5.82 Å². The Morgan fingerprint density at radius 1 is 1.47 bits per heavy atom. The number of nitrogens with one attached hydrogen (secondary N) is 1. The number of amides is 1. The maximum absolute atomic E-state index is 12.0. The summed E-state index contributed by atoms with van der Waals surface area (Å²) in [4.78, 5) is 12.0. The van der Waals surface area contributed by atoms with Crippen molar-refractivity contribution < 1.29 is 13.9 Å². The highest BCUT2D eigenvalue weighted by Crippen LogP contribution is 2.34. The molecule has 0 saturated heterocycles. The quantitative estimate of drug-likeness (QED) is 0.849. The molecule has 1 aliphatic heterocycles. The Labute approximate surface area is 109 Å². The predicted molar refractivity (Wildman–Crippen MR) is 70.4 cm³/mol. The second-order valence-corrected chi connectivity index (χ2v) is 5.18. The van der Waals surface area contributed by atoms with Crippen LogP contribution in [0.1, 0.15) is 12.8 Å². The van der Waals surface area contributed by atoms with Gasteiger partial charge in [-0.15, -0.1) is 0 Å². The van der Waals surface area contributed by atoms with Crippen molar-refractivity contribution in [3.63, 3.8) is 0 Å². The number of para-hydroxylation sites is 1. The minimum atomic E-state index is -0.0286. The van der Waals surface area contributed by atoms with Crippen LogP contribution in [-0.4, -0.2) is 34.4 Å². The molecule has 2 heterocycles. The van der Waals surface area contributed by atoms with Crippen molar-refractivity contribution >= 4 is 28.4 Å². The molecule has 96 valence electrons. The van der Waals surface area contributed by atoms with Gasteiger partial charge in [0.2, 0.25) is 6.54 Å². The van der Waals surface area contributed by atoms with E-state index in [9.17, 15) is 4.79 Å². The molecule has 0 spiro atoms. The molecule has 1 unspecified atom stereocenters. The molecular weight excluding hydrogens is 242 g/mol. The molecule has 1 amide bonds. The number of carbonyl (C=O) groups excluding carboxylic acids is 1. The summed E-state index contributed by atoms with van der Waals surface area (Å²) in [7, 11) is 0. The molecule has 1 fully saturated rings. The lowest BCUT2D eigenvalue weighted by Crippen LogP contribution is -2.26. The second-order valence-electron chi connectivity index (χ2n) is 5.18. The highest BCUT2D eigenvalue weighted by Gasteiger charge is 2.46. The molecule has 1 N–H and O–H groups in total. The maximum Gasteiger partial charge on any atom is 0.291 e. The van der Waals surface area contributed by atoms with E-state index in [1.165, 1.54) is 18.6 Å². The fourth-order valence-electron chi connectivity index (χ4n) is 2.81. The topological polar surface area (TPSA) is 58.1 Å². The fourth-order valence-corrected chi connectivity index (χ4v) is 2.81. The first kappa shape index (κ1) is 10.7.